The van der Waals surface area contributed by atoms with E-state index >= 15 is 0 Å². The van der Waals surface area contributed by atoms with E-state index in [4.69, 9.17) is 10.5 Å². The van der Waals surface area contributed by atoms with Crippen LogP contribution < -0.4 is 15.8 Å². The summed E-state index contributed by atoms with van der Waals surface area (Å²) in [6, 6.07) is 9.32. The molecule has 1 aliphatic heterocycles. The molecule has 0 aliphatic carbocycles. The monoisotopic (exact) mass is 430 g/mol. The third-order valence-electron chi connectivity index (χ3n) is 5.37. The number of nitrogens with two attached hydrogens (primary N) is 1. The third kappa shape index (κ3) is 5.56. The number of hydrogen-bond acceptors (Lipinski definition) is 6. The molecule has 2 aromatic rings. The average molecular weight is 431 g/mol. The zero-order chi connectivity index (χ0) is 20.8. The highest BCUT2D eigenvalue weighted by Crippen LogP contribution is 2.40. The molecule has 4 N–H and O–H groups in total. The fraction of sp³-hybridized carbons (Fsp3) is 0.478. The van der Waals surface area contributed by atoms with Crippen molar-refractivity contribution in [3.63, 3.8) is 0 Å². The van der Waals surface area contributed by atoms with Crippen LogP contribution in [0.2, 0.25) is 0 Å². The summed E-state index contributed by atoms with van der Waals surface area (Å²) in [5.41, 5.74) is 8.54. The van der Waals surface area contributed by atoms with Crippen LogP contribution in [0.3, 0.4) is 0 Å². The van der Waals surface area contributed by atoms with E-state index in [1.165, 1.54) is 0 Å². The first-order chi connectivity index (χ1) is 14.0. The Kier molecular flexibility index (Phi) is 8.76. The molecular formula is C23H31ClN4O2. The molecule has 1 aromatic carbocycles. The molecule has 1 aliphatic rings. The number of nitrogen functional groups attached to an aromatic ring is 1. The van der Waals surface area contributed by atoms with Crippen molar-refractivity contribution in [2.24, 2.45) is 5.92 Å². The summed E-state index contributed by atoms with van der Waals surface area (Å²) in [5.74, 6) is 1.69. The van der Waals surface area contributed by atoms with Crippen LogP contribution in [0.1, 0.15) is 56.6 Å². The molecule has 1 saturated heterocycles. The number of ether oxygens (including phenoxy) is 1. The standard InChI is InChI=1S/C23H30N4O2.ClH/c1-15(2)6-5-11-29-21-9-3-8-20(28)22(21)19-12-17(16-7-4-10-26-14-16)18(13-24)23(25)27-19;/h3,8-9,12,15-16,26,28H,4-7,10-11,14H2,1-2H3,(H2,25,27);1H. The molecule has 1 aromatic heterocycles. The number of nitrogens with one attached hydrogen (secondary N) is 1. The van der Waals surface area contributed by atoms with E-state index in [1.54, 1.807) is 12.1 Å². The number of phenolic OH excluding ortho intramolecular Hbond substituents is 1. The van der Waals surface area contributed by atoms with Crippen molar-refractivity contribution in [2.45, 2.75) is 45.4 Å². The molecule has 30 heavy (non-hydrogen) atoms. The Labute approximate surface area is 184 Å². The molecule has 6 nitrogen and oxygen atoms in total. The lowest BCUT2D eigenvalue weighted by atomic mass is 9.88. The molecule has 0 spiro atoms. The number of pyridine rings is 1. The van der Waals surface area contributed by atoms with Gasteiger partial charge in [-0.1, -0.05) is 19.9 Å². The van der Waals surface area contributed by atoms with Gasteiger partial charge >= 0.3 is 0 Å². The fourth-order valence-electron chi connectivity index (χ4n) is 3.85. The predicted octanol–water partition coefficient (Wildman–Crippen LogP) is 4.61. The van der Waals surface area contributed by atoms with Gasteiger partial charge < -0.3 is 20.9 Å². The molecule has 162 valence electrons. The fourth-order valence-corrected chi connectivity index (χ4v) is 3.85. The van der Waals surface area contributed by atoms with Crippen molar-refractivity contribution in [2.75, 3.05) is 25.4 Å². The van der Waals surface area contributed by atoms with Gasteiger partial charge in [0.05, 0.1) is 23.4 Å². The highest BCUT2D eigenvalue weighted by molar-refractivity contribution is 5.85. The smallest absolute Gasteiger partial charge is 0.142 e. The van der Waals surface area contributed by atoms with Crippen LogP contribution in [-0.4, -0.2) is 29.8 Å². The Morgan fingerprint density at radius 1 is 1.40 bits per heavy atom. The lowest BCUT2D eigenvalue weighted by molar-refractivity contribution is 0.297. The van der Waals surface area contributed by atoms with Crippen LogP contribution in [0.4, 0.5) is 5.82 Å². The van der Waals surface area contributed by atoms with E-state index in [9.17, 15) is 10.4 Å². The number of nitriles is 1. The Bertz CT molecular complexity index is 890. The first-order valence-corrected chi connectivity index (χ1v) is 10.4. The summed E-state index contributed by atoms with van der Waals surface area (Å²) in [6.07, 6.45) is 4.06. The van der Waals surface area contributed by atoms with Crippen molar-refractivity contribution in [3.8, 4) is 28.8 Å². The first-order valence-electron chi connectivity index (χ1n) is 10.4. The van der Waals surface area contributed by atoms with Gasteiger partial charge in [0.25, 0.3) is 0 Å². The lowest BCUT2D eigenvalue weighted by Crippen LogP contribution is -2.29. The first kappa shape index (κ1) is 23.8. The van der Waals surface area contributed by atoms with Crippen molar-refractivity contribution in [1.82, 2.24) is 10.3 Å². The van der Waals surface area contributed by atoms with Gasteiger partial charge in [-0.3, -0.25) is 0 Å². The van der Waals surface area contributed by atoms with Crippen LogP contribution in [0.5, 0.6) is 11.5 Å². The highest BCUT2D eigenvalue weighted by Gasteiger charge is 2.23. The molecular weight excluding hydrogens is 400 g/mol. The maximum atomic E-state index is 10.6. The van der Waals surface area contributed by atoms with Gasteiger partial charge in [-0.05, 0) is 67.8 Å². The minimum Gasteiger partial charge on any atom is -0.507 e. The molecule has 1 fully saturated rings. The molecule has 0 amide bonds. The topological polar surface area (TPSA) is 104 Å². The van der Waals surface area contributed by atoms with Gasteiger partial charge in [-0.2, -0.15) is 5.26 Å². The van der Waals surface area contributed by atoms with Crippen molar-refractivity contribution < 1.29 is 9.84 Å². The van der Waals surface area contributed by atoms with E-state index in [0.29, 0.717) is 35.1 Å². The van der Waals surface area contributed by atoms with Gasteiger partial charge in [0.1, 0.15) is 23.4 Å². The number of rotatable bonds is 7. The van der Waals surface area contributed by atoms with E-state index < -0.39 is 0 Å². The molecule has 7 heteroatoms. The molecule has 3 rings (SSSR count). The molecule has 0 radical (unpaired) electrons. The number of hydrogen-bond donors (Lipinski definition) is 3. The van der Waals surface area contributed by atoms with Crippen LogP contribution >= 0.6 is 12.4 Å². The number of aromatic hydroxyl groups is 1. The predicted molar refractivity (Wildman–Crippen MR) is 122 cm³/mol. The second kappa shape index (κ2) is 11.1. The number of phenols is 1. The minimum absolute atomic E-state index is 0. The Hall–Kier alpha value is -2.49. The lowest BCUT2D eigenvalue weighted by Gasteiger charge is -2.25. The average Bonchev–Trinajstić information content (AvgIpc) is 2.71. The van der Waals surface area contributed by atoms with E-state index in [0.717, 1.165) is 44.3 Å². The van der Waals surface area contributed by atoms with Crippen LogP contribution in [0, 0.1) is 17.2 Å². The number of anilines is 1. The summed E-state index contributed by atoms with van der Waals surface area (Å²) in [6.45, 7) is 6.73. The molecule has 1 unspecified atom stereocenters. The van der Waals surface area contributed by atoms with Gasteiger partial charge in [0.2, 0.25) is 0 Å². The van der Waals surface area contributed by atoms with Crippen LogP contribution in [0.15, 0.2) is 24.3 Å². The Morgan fingerprint density at radius 3 is 2.87 bits per heavy atom. The summed E-state index contributed by atoms with van der Waals surface area (Å²) < 4.78 is 5.99. The number of aromatic nitrogens is 1. The van der Waals surface area contributed by atoms with Gasteiger partial charge in [0, 0.05) is 6.54 Å². The number of halogens is 1. The van der Waals surface area contributed by atoms with Crippen molar-refractivity contribution >= 4 is 18.2 Å². The summed E-state index contributed by atoms with van der Waals surface area (Å²) in [4.78, 5) is 4.44. The highest BCUT2D eigenvalue weighted by atomic mass is 35.5. The normalized spacial score (nSPS) is 16.0. The molecule has 0 saturated carbocycles. The summed E-state index contributed by atoms with van der Waals surface area (Å²) in [7, 11) is 0. The number of nitrogens with zero attached hydrogens (tertiary/aromatic N) is 2. The minimum atomic E-state index is 0. The Morgan fingerprint density at radius 2 is 2.20 bits per heavy atom. The maximum absolute atomic E-state index is 10.6. The van der Waals surface area contributed by atoms with Gasteiger partial charge in [-0.15, -0.1) is 12.4 Å². The second-order valence-corrected chi connectivity index (χ2v) is 8.05. The zero-order valence-corrected chi connectivity index (χ0v) is 18.5. The molecule has 1 atom stereocenters. The summed E-state index contributed by atoms with van der Waals surface area (Å²) in [5, 5.41) is 23.6. The zero-order valence-electron chi connectivity index (χ0n) is 17.6. The van der Waals surface area contributed by atoms with E-state index in [-0.39, 0.29) is 29.9 Å². The molecule has 0 bridgehead atoms. The second-order valence-electron chi connectivity index (χ2n) is 8.05. The quantitative estimate of drug-likeness (QED) is 0.554. The molecule has 2 heterocycles. The SMILES string of the molecule is CC(C)CCCOc1cccc(O)c1-c1cc(C2CCCNC2)c(C#N)c(N)n1.Cl. The van der Waals surface area contributed by atoms with E-state index in [2.05, 4.69) is 30.2 Å². The summed E-state index contributed by atoms with van der Waals surface area (Å²) >= 11 is 0. The van der Waals surface area contributed by atoms with E-state index in [1.807, 2.05) is 12.1 Å². The van der Waals surface area contributed by atoms with Crippen molar-refractivity contribution in [1.29, 1.82) is 5.26 Å². The van der Waals surface area contributed by atoms with Crippen LogP contribution in [-0.2, 0) is 0 Å². The number of piperidine rings is 1. The van der Waals surface area contributed by atoms with Crippen molar-refractivity contribution in [3.05, 3.63) is 35.4 Å². The largest absolute Gasteiger partial charge is 0.507 e. The van der Waals surface area contributed by atoms with Crippen LogP contribution in [0.25, 0.3) is 11.3 Å². The van der Waals surface area contributed by atoms with Gasteiger partial charge in [-0.25, -0.2) is 4.98 Å². The van der Waals surface area contributed by atoms with Gasteiger partial charge in [0.15, 0.2) is 0 Å². The maximum Gasteiger partial charge on any atom is 0.142 e. The third-order valence-corrected chi connectivity index (χ3v) is 5.37. The number of benzene rings is 1. The Balaban J connectivity index is 0.00000320.